The average molecular weight is 430 g/mol. The van der Waals surface area contributed by atoms with Crippen LogP contribution in [-0.4, -0.2) is 45.6 Å². The highest BCUT2D eigenvalue weighted by Crippen LogP contribution is 2.27. The van der Waals surface area contributed by atoms with Crippen molar-refractivity contribution in [3.05, 3.63) is 41.2 Å². The molecule has 1 heterocycles. The van der Waals surface area contributed by atoms with Crippen molar-refractivity contribution in [3.63, 3.8) is 0 Å². The molecule has 0 bridgehead atoms. The molecule has 0 unspecified atom stereocenters. The van der Waals surface area contributed by atoms with Gasteiger partial charge in [-0.2, -0.15) is 0 Å². The van der Waals surface area contributed by atoms with E-state index < -0.39 is 21.9 Å². The van der Waals surface area contributed by atoms with E-state index in [0.29, 0.717) is 16.5 Å². The van der Waals surface area contributed by atoms with Gasteiger partial charge in [-0.05, 0) is 24.3 Å². The number of nitrogens with zero attached hydrogens (tertiary/aromatic N) is 1. The van der Waals surface area contributed by atoms with Crippen LogP contribution >= 0.6 is 11.6 Å². The number of methoxy groups -OCH3 is 2. The van der Waals surface area contributed by atoms with Crippen LogP contribution in [0.5, 0.6) is 5.75 Å². The topological polar surface area (TPSA) is 116 Å². The van der Waals surface area contributed by atoms with E-state index in [-0.39, 0.29) is 23.6 Å². The van der Waals surface area contributed by atoms with Gasteiger partial charge in [0.25, 0.3) is 0 Å². The van der Waals surface area contributed by atoms with E-state index in [4.69, 9.17) is 16.3 Å². The molecule has 0 aliphatic heterocycles. The third kappa shape index (κ3) is 5.24. The van der Waals surface area contributed by atoms with Crippen LogP contribution in [0.25, 0.3) is 0 Å². The Labute approximate surface area is 167 Å². The number of esters is 1. The molecule has 0 saturated carbocycles. The van der Waals surface area contributed by atoms with Gasteiger partial charge in [-0.25, -0.2) is 17.9 Å². The lowest BCUT2D eigenvalue weighted by atomic mass is 10.3. The maximum atomic E-state index is 12.3. The van der Waals surface area contributed by atoms with Gasteiger partial charge in [0.05, 0.1) is 19.2 Å². The predicted octanol–water partition coefficient (Wildman–Crippen LogP) is 1.78. The first-order valence-electron chi connectivity index (χ1n) is 8.05. The van der Waals surface area contributed by atoms with E-state index in [2.05, 4.69) is 14.8 Å². The zero-order valence-electron chi connectivity index (χ0n) is 15.5. The zero-order valence-corrected chi connectivity index (χ0v) is 17.1. The number of benzene rings is 1. The van der Waals surface area contributed by atoms with Crippen molar-refractivity contribution in [1.82, 2.24) is 9.29 Å². The van der Waals surface area contributed by atoms with Crippen LogP contribution in [0.1, 0.15) is 16.9 Å². The summed E-state index contributed by atoms with van der Waals surface area (Å²) in [5, 5.41) is 2.96. The Hall–Kier alpha value is -2.56. The molecule has 0 spiro atoms. The van der Waals surface area contributed by atoms with Crippen LogP contribution in [0.15, 0.2) is 35.4 Å². The molecule has 2 rings (SSSR count). The Balaban J connectivity index is 1.94. The molecular formula is C17H20ClN3O6S. The van der Waals surface area contributed by atoms with Crippen LogP contribution in [0.3, 0.4) is 0 Å². The van der Waals surface area contributed by atoms with Crippen molar-refractivity contribution in [2.24, 2.45) is 7.05 Å². The first-order chi connectivity index (χ1) is 13.2. The van der Waals surface area contributed by atoms with Gasteiger partial charge in [0.1, 0.15) is 16.3 Å². The van der Waals surface area contributed by atoms with E-state index in [1.54, 1.807) is 12.1 Å². The van der Waals surface area contributed by atoms with Gasteiger partial charge in [-0.15, -0.1) is 0 Å². The van der Waals surface area contributed by atoms with Gasteiger partial charge in [-0.3, -0.25) is 4.79 Å². The minimum atomic E-state index is -3.88. The van der Waals surface area contributed by atoms with E-state index >= 15 is 0 Å². The second-order valence-electron chi connectivity index (χ2n) is 5.71. The monoisotopic (exact) mass is 429 g/mol. The first kappa shape index (κ1) is 21.7. The minimum Gasteiger partial charge on any atom is -0.495 e. The molecule has 152 valence electrons. The molecule has 1 amide bonds. The number of hydrogen-bond acceptors (Lipinski definition) is 6. The van der Waals surface area contributed by atoms with Crippen LogP contribution in [0.2, 0.25) is 5.02 Å². The number of rotatable bonds is 8. The summed E-state index contributed by atoms with van der Waals surface area (Å²) in [5.41, 5.74) is 0.557. The molecule has 0 fully saturated rings. The van der Waals surface area contributed by atoms with Crippen molar-refractivity contribution in [1.29, 1.82) is 0 Å². The molecule has 9 nitrogen and oxygen atoms in total. The summed E-state index contributed by atoms with van der Waals surface area (Å²) in [6.45, 7) is -0.124. The largest absolute Gasteiger partial charge is 0.495 e. The minimum absolute atomic E-state index is 0.0944. The van der Waals surface area contributed by atoms with Crippen molar-refractivity contribution in [2.75, 3.05) is 26.1 Å². The number of aromatic nitrogens is 1. The van der Waals surface area contributed by atoms with E-state index in [1.807, 2.05) is 0 Å². The number of aryl methyl sites for hydroxylation is 1. The normalized spacial score (nSPS) is 11.1. The molecule has 28 heavy (non-hydrogen) atoms. The van der Waals surface area contributed by atoms with Crippen molar-refractivity contribution >= 4 is 39.2 Å². The Morgan fingerprint density at radius 1 is 1.21 bits per heavy atom. The number of amides is 1. The molecule has 0 aliphatic rings. The molecule has 1 aromatic carbocycles. The number of halogens is 1. The Kier molecular flexibility index (Phi) is 7.05. The quantitative estimate of drug-likeness (QED) is 0.618. The smallest absolute Gasteiger partial charge is 0.354 e. The fourth-order valence-corrected chi connectivity index (χ4v) is 3.70. The first-order valence-corrected chi connectivity index (χ1v) is 9.91. The van der Waals surface area contributed by atoms with Crippen LogP contribution < -0.4 is 14.8 Å². The van der Waals surface area contributed by atoms with Crippen molar-refractivity contribution < 1.29 is 27.5 Å². The van der Waals surface area contributed by atoms with Gasteiger partial charge in [0.15, 0.2) is 0 Å². The summed E-state index contributed by atoms with van der Waals surface area (Å²) in [4.78, 5) is 23.5. The Morgan fingerprint density at radius 2 is 1.93 bits per heavy atom. The Morgan fingerprint density at radius 3 is 2.54 bits per heavy atom. The van der Waals surface area contributed by atoms with Crippen molar-refractivity contribution in [3.8, 4) is 5.75 Å². The third-order valence-electron chi connectivity index (χ3n) is 3.76. The molecule has 2 N–H and O–H groups in total. The fourth-order valence-electron chi connectivity index (χ4n) is 2.34. The number of nitrogens with one attached hydrogen (secondary N) is 2. The molecule has 0 saturated heterocycles. The van der Waals surface area contributed by atoms with Crippen LogP contribution in [0.4, 0.5) is 5.69 Å². The van der Waals surface area contributed by atoms with Crippen molar-refractivity contribution in [2.45, 2.75) is 11.3 Å². The molecule has 1 aromatic heterocycles. The fraction of sp³-hybridized carbons (Fsp3) is 0.294. The van der Waals surface area contributed by atoms with Gasteiger partial charge in [-0.1, -0.05) is 11.6 Å². The van der Waals surface area contributed by atoms with Gasteiger partial charge >= 0.3 is 5.97 Å². The second-order valence-corrected chi connectivity index (χ2v) is 7.88. The van der Waals surface area contributed by atoms with Gasteiger partial charge < -0.3 is 19.4 Å². The highest BCUT2D eigenvalue weighted by molar-refractivity contribution is 7.89. The molecule has 2 aromatic rings. The number of sulfonamides is 1. The highest BCUT2D eigenvalue weighted by atomic mass is 35.5. The molecule has 0 atom stereocenters. The summed E-state index contributed by atoms with van der Waals surface area (Å²) >= 11 is 5.99. The van der Waals surface area contributed by atoms with E-state index in [9.17, 15) is 18.0 Å². The molecule has 11 heteroatoms. The zero-order chi connectivity index (χ0) is 20.9. The molecular weight excluding hydrogens is 410 g/mol. The van der Waals surface area contributed by atoms with E-state index in [0.717, 1.165) is 0 Å². The number of anilines is 1. The number of carbonyl (C=O) groups is 2. The molecule has 0 radical (unpaired) electrons. The lowest BCUT2D eigenvalue weighted by Gasteiger charge is -2.08. The summed E-state index contributed by atoms with van der Waals surface area (Å²) in [7, 11) is 0.326. The molecule has 0 aliphatic carbocycles. The second kappa shape index (κ2) is 9.09. The Bertz CT molecular complexity index is 987. The SMILES string of the molecule is COC(=O)c1cc(S(=O)(=O)NCCC(=O)Nc2ccc(OC)c(Cl)c2)cn1C. The number of hydrogen-bond donors (Lipinski definition) is 2. The summed E-state index contributed by atoms with van der Waals surface area (Å²) in [6.07, 6.45) is 1.19. The summed E-state index contributed by atoms with van der Waals surface area (Å²) < 4.78 is 37.9. The maximum absolute atomic E-state index is 12.3. The van der Waals surface area contributed by atoms with Gasteiger partial charge in [0, 0.05) is 31.9 Å². The van der Waals surface area contributed by atoms with E-state index in [1.165, 1.54) is 44.2 Å². The average Bonchev–Trinajstić information content (AvgIpc) is 3.04. The summed E-state index contributed by atoms with van der Waals surface area (Å²) in [6, 6.07) is 5.95. The highest BCUT2D eigenvalue weighted by Gasteiger charge is 2.21. The number of carbonyl (C=O) groups excluding carboxylic acids is 2. The van der Waals surface area contributed by atoms with Crippen LogP contribution in [-0.2, 0) is 26.6 Å². The number of ether oxygens (including phenoxy) is 2. The summed E-state index contributed by atoms with van der Waals surface area (Å²) in [5.74, 6) is -0.574. The third-order valence-corrected chi connectivity index (χ3v) is 5.49. The lowest BCUT2D eigenvalue weighted by molar-refractivity contribution is -0.116. The van der Waals surface area contributed by atoms with Gasteiger partial charge in [0.2, 0.25) is 15.9 Å². The standard InChI is InChI=1S/C17H20ClN3O6S/c1-21-10-12(9-14(21)17(23)27-3)28(24,25)19-7-6-16(22)20-11-4-5-15(26-2)13(18)8-11/h4-5,8-10,19H,6-7H2,1-3H3,(H,20,22). The lowest BCUT2D eigenvalue weighted by Crippen LogP contribution is -2.27. The predicted molar refractivity (Wildman–Crippen MR) is 103 cm³/mol. The maximum Gasteiger partial charge on any atom is 0.354 e. The van der Waals surface area contributed by atoms with Crippen LogP contribution in [0, 0.1) is 0 Å².